The predicted octanol–water partition coefficient (Wildman–Crippen LogP) is 2.35. The Morgan fingerprint density at radius 3 is 2.53 bits per heavy atom. The van der Waals surface area contributed by atoms with Crippen LogP contribution < -0.4 is 10.6 Å². The molecular weight excluding hydrogens is 238 g/mol. The molecule has 0 saturated heterocycles. The predicted molar refractivity (Wildman–Crippen MR) is 79.8 cm³/mol. The molecular formula is C15H23N3O. The third-order valence-corrected chi connectivity index (χ3v) is 3.47. The molecule has 19 heavy (non-hydrogen) atoms. The Balaban J connectivity index is 2.04. The van der Waals surface area contributed by atoms with Crippen LogP contribution in [-0.2, 0) is 4.74 Å². The van der Waals surface area contributed by atoms with Crippen molar-refractivity contribution in [3.05, 3.63) is 29.8 Å². The maximum absolute atomic E-state index is 5.54. The minimum atomic E-state index is 0.143. The summed E-state index contributed by atoms with van der Waals surface area (Å²) in [5.74, 6) is 0.566. The van der Waals surface area contributed by atoms with Crippen molar-refractivity contribution in [2.75, 3.05) is 24.6 Å². The van der Waals surface area contributed by atoms with Crippen LogP contribution in [0.4, 0.5) is 5.69 Å². The topological polar surface area (TPSA) is 50.9 Å². The van der Waals surface area contributed by atoms with Gasteiger partial charge in [-0.1, -0.05) is 26.0 Å². The van der Waals surface area contributed by atoms with Crippen molar-refractivity contribution in [1.82, 2.24) is 0 Å². The van der Waals surface area contributed by atoms with Gasteiger partial charge in [-0.05, 0) is 30.5 Å². The van der Waals surface area contributed by atoms with Crippen LogP contribution in [0.15, 0.2) is 29.3 Å². The molecule has 0 aliphatic carbocycles. The average molecular weight is 261 g/mol. The van der Waals surface area contributed by atoms with Gasteiger partial charge in [0.1, 0.15) is 12.6 Å². The maximum atomic E-state index is 5.54. The molecule has 1 unspecified atom stereocenters. The highest BCUT2D eigenvalue weighted by Crippen LogP contribution is 2.21. The lowest BCUT2D eigenvalue weighted by atomic mass is 10.0. The van der Waals surface area contributed by atoms with Gasteiger partial charge >= 0.3 is 0 Å². The van der Waals surface area contributed by atoms with E-state index < -0.39 is 0 Å². The highest BCUT2D eigenvalue weighted by molar-refractivity contribution is 5.73. The van der Waals surface area contributed by atoms with Crippen LogP contribution in [0.3, 0.4) is 0 Å². The Labute approximate surface area is 115 Å². The minimum absolute atomic E-state index is 0.143. The first-order valence-electron chi connectivity index (χ1n) is 6.91. The molecule has 1 heterocycles. The van der Waals surface area contributed by atoms with Crippen molar-refractivity contribution < 1.29 is 4.74 Å². The number of hydrogen-bond donors (Lipinski definition) is 1. The zero-order chi connectivity index (χ0) is 13.8. The number of hydrogen-bond acceptors (Lipinski definition) is 4. The third-order valence-electron chi connectivity index (χ3n) is 3.47. The molecule has 0 spiro atoms. The van der Waals surface area contributed by atoms with E-state index in [0.29, 0.717) is 18.5 Å². The number of amidine groups is 1. The summed E-state index contributed by atoms with van der Waals surface area (Å²) in [6.45, 7) is 8.96. The largest absolute Gasteiger partial charge is 0.463 e. The summed E-state index contributed by atoms with van der Waals surface area (Å²) in [4.78, 5) is 6.58. The summed E-state index contributed by atoms with van der Waals surface area (Å²) >= 11 is 0. The van der Waals surface area contributed by atoms with Gasteiger partial charge in [0.05, 0.1) is 0 Å². The van der Waals surface area contributed by atoms with Gasteiger partial charge in [0.15, 0.2) is 0 Å². The molecule has 2 rings (SSSR count). The van der Waals surface area contributed by atoms with E-state index in [0.717, 1.165) is 13.1 Å². The van der Waals surface area contributed by atoms with Gasteiger partial charge in [-0.25, -0.2) is 4.99 Å². The molecule has 0 fully saturated rings. The molecule has 0 radical (unpaired) electrons. The molecule has 0 amide bonds. The number of ether oxygens (including phenoxy) is 1. The van der Waals surface area contributed by atoms with Crippen LogP contribution in [0.25, 0.3) is 0 Å². The number of nitrogens with zero attached hydrogens (tertiary/aromatic N) is 2. The zero-order valence-corrected chi connectivity index (χ0v) is 12.0. The number of anilines is 1. The minimum Gasteiger partial charge on any atom is -0.463 e. The highest BCUT2D eigenvalue weighted by atomic mass is 16.5. The fraction of sp³-hybridized carbons (Fsp3) is 0.533. The fourth-order valence-corrected chi connectivity index (χ4v) is 2.27. The van der Waals surface area contributed by atoms with E-state index in [-0.39, 0.29) is 6.04 Å². The highest BCUT2D eigenvalue weighted by Gasteiger charge is 2.19. The van der Waals surface area contributed by atoms with Crippen molar-refractivity contribution in [2.24, 2.45) is 10.7 Å². The van der Waals surface area contributed by atoms with Gasteiger partial charge in [-0.3, -0.25) is 0 Å². The summed E-state index contributed by atoms with van der Waals surface area (Å²) in [6.07, 6.45) is 0. The Kier molecular flexibility index (Phi) is 4.30. The quantitative estimate of drug-likeness (QED) is 0.885. The molecule has 2 N–H and O–H groups in total. The lowest BCUT2D eigenvalue weighted by Crippen LogP contribution is -2.32. The van der Waals surface area contributed by atoms with Crippen LogP contribution in [0.2, 0.25) is 0 Å². The van der Waals surface area contributed by atoms with Gasteiger partial charge in [0.25, 0.3) is 6.02 Å². The van der Waals surface area contributed by atoms with Gasteiger partial charge in [0.2, 0.25) is 0 Å². The van der Waals surface area contributed by atoms with E-state index in [1.807, 2.05) is 0 Å². The lowest BCUT2D eigenvalue weighted by molar-refractivity contribution is 0.313. The van der Waals surface area contributed by atoms with Crippen molar-refractivity contribution in [3.8, 4) is 0 Å². The van der Waals surface area contributed by atoms with Gasteiger partial charge in [0, 0.05) is 18.8 Å². The Hall–Kier alpha value is -1.71. The fourth-order valence-electron chi connectivity index (χ4n) is 2.27. The molecule has 1 aromatic carbocycles. The summed E-state index contributed by atoms with van der Waals surface area (Å²) in [6, 6.07) is 9.22. The molecule has 4 nitrogen and oxygen atoms in total. The lowest BCUT2D eigenvalue weighted by Gasteiger charge is -2.25. The van der Waals surface area contributed by atoms with E-state index in [4.69, 9.17) is 10.5 Å². The Morgan fingerprint density at radius 1 is 1.37 bits per heavy atom. The number of nitrogens with two attached hydrogens (primary N) is 1. The molecule has 1 aliphatic heterocycles. The summed E-state index contributed by atoms with van der Waals surface area (Å²) in [7, 11) is 0. The van der Waals surface area contributed by atoms with Crippen LogP contribution in [0.1, 0.15) is 32.3 Å². The molecule has 104 valence electrons. The molecule has 0 saturated carbocycles. The van der Waals surface area contributed by atoms with Crippen LogP contribution in [-0.4, -0.2) is 31.8 Å². The van der Waals surface area contributed by atoms with Crippen molar-refractivity contribution in [1.29, 1.82) is 0 Å². The number of likely N-dealkylation sites (N-methyl/N-ethyl adjacent to an activating group) is 1. The normalized spacial score (nSPS) is 18.3. The second-order valence-corrected chi connectivity index (χ2v) is 5.22. The molecule has 1 aliphatic rings. The van der Waals surface area contributed by atoms with Gasteiger partial charge in [-0.15, -0.1) is 0 Å². The molecule has 0 aromatic heterocycles. The second kappa shape index (κ2) is 5.95. The summed E-state index contributed by atoms with van der Waals surface area (Å²) in [5.41, 5.74) is 8.14. The van der Waals surface area contributed by atoms with E-state index in [2.05, 4.69) is 54.9 Å². The van der Waals surface area contributed by atoms with Gasteiger partial charge in [-0.2, -0.15) is 0 Å². The van der Waals surface area contributed by atoms with E-state index in [1.165, 1.54) is 11.3 Å². The number of aliphatic imine (C=N–C) groups is 1. The zero-order valence-electron chi connectivity index (χ0n) is 12.0. The first kappa shape index (κ1) is 13.7. The van der Waals surface area contributed by atoms with Crippen molar-refractivity contribution in [3.63, 3.8) is 0 Å². The smallest absolute Gasteiger partial charge is 0.282 e. The summed E-state index contributed by atoms with van der Waals surface area (Å²) in [5, 5.41) is 0. The van der Waals surface area contributed by atoms with Crippen LogP contribution in [0.5, 0.6) is 0 Å². The molecule has 4 heteroatoms. The second-order valence-electron chi connectivity index (χ2n) is 5.22. The third kappa shape index (κ3) is 3.40. The molecule has 1 aromatic rings. The average Bonchev–Trinajstić information content (AvgIpc) is 2.81. The van der Waals surface area contributed by atoms with Crippen molar-refractivity contribution >= 4 is 11.7 Å². The monoisotopic (exact) mass is 261 g/mol. The van der Waals surface area contributed by atoms with Crippen molar-refractivity contribution in [2.45, 2.75) is 32.7 Å². The summed E-state index contributed by atoms with van der Waals surface area (Å²) < 4.78 is 5.20. The molecule has 0 bridgehead atoms. The Morgan fingerprint density at radius 2 is 2.05 bits per heavy atom. The maximum Gasteiger partial charge on any atom is 0.282 e. The van der Waals surface area contributed by atoms with E-state index in [1.54, 1.807) is 0 Å². The first-order valence-corrected chi connectivity index (χ1v) is 6.91. The Bertz CT molecular complexity index is 439. The van der Waals surface area contributed by atoms with E-state index in [9.17, 15) is 0 Å². The first-order chi connectivity index (χ1) is 9.10. The van der Waals surface area contributed by atoms with Crippen LogP contribution >= 0.6 is 0 Å². The van der Waals surface area contributed by atoms with Crippen LogP contribution in [0, 0.1) is 0 Å². The van der Waals surface area contributed by atoms with E-state index >= 15 is 0 Å². The number of rotatable bonds is 5. The van der Waals surface area contributed by atoms with Gasteiger partial charge < -0.3 is 15.4 Å². The number of benzene rings is 1. The SMILES string of the molecule is CCN(CC1COC(N)=N1)c1ccc(C(C)C)cc1. The standard InChI is InChI=1S/C15H23N3O/c1-4-18(9-13-10-19-15(16)17-13)14-7-5-12(6-8-14)11(2)3/h5-8,11,13H,4,9-10H2,1-3H3,(H2,16,17). The molecule has 1 atom stereocenters.